The molecule has 65 heavy (non-hydrogen) atoms. The van der Waals surface area contributed by atoms with Crippen molar-refractivity contribution in [2.75, 3.05) is 13.2 Å². The second kappa shape index (κ2) is 52.9. The van der Waals surface area contributed by atoms with Gasteiger partial charge in [-0.05, 0) is 57.8 Å². The highest BCUT2D eigenvalue weighted by atomic mass is 16.6. The number of rotatable bonds is 47. The van der Waals surface area contributed by atoms with E-state index in [2.05, 4.69) is 51.2 Å². The molecular formula is C59H98O6. The molecule has 0 aliphatic heterocycles. The first kappa shape index (κ1) is 61.3. The number of ether oxygens (including phenoxy) is 3. The predicted octanol–water partition coefficient (Wildman–Crippen LogP) is 17.8. The molecule has 0 rings (SSSR count). The third-order valence-corrected chi connectivity index (χ3v) is 11.2. The third-order valence-electron chi connectivity index (χ3n) is 11.2. The Morgan fingerprint density at radius 1 is 0.338 bits per heavy atom. The molecule has 0 aliphatic rings. The monoisotopic (exact) mass is 903 g/mol. The molecule has 0 amide bonds. The van der Waals surface area contributed by atoms with Crippen LogP contribution in [-0.2, 0) is 28.6 Å². The molecule has 0 aromatic carbocycles. The molecule has 0 aromatic heterocycles. The second-order valence-corrected chi connectivity index (χ2v) is 17.6. The minimum Gasteiger partial charge on any atom is -0.462 e. The van der Waals surface area contributed by atoms with Crippen LogP contribution in [0, 0.1) is 0 Å². The number of allylic oxidation sites excluding steroid dienone is 16. The number of carbonyl (C=O) groups is 3. The van der Waals surface area contributed by atoms with Crippen molar-refractivity contribution in [1.82, 2.24) is 0 Å². The number of carbonyl (C=O) groups excluding carboxylic acids is 3. The van der Waals surface area contributed by atoms with E-state index in [9.17, 15) is 14.4 Å². The number of unbranched alkanes of at least 4 members (excludes halogenated alkanes) is 25. The van der Waals surface area contributed by atoms with E-state index >= 15 is 0 Å². The topological polar surface area (TPSA) is 78.9 Å². The van der Waals surface area contributed by atoms with Crippen molar-refractivity contribution in [3.63, 3.8) is 0 Å². The highest BCUT2D eigenvalue weighted by molar-refractivity contribution is 5.71. The molecule has 6 heteroatoms. The lowest BCUT2D eigenvalue weighted by atomic mass is 10.0. The van der Waals surface area contributed by atoms with E-state index in [1.54, 1.807) is 0 Å². The fraction of sp³-hybridized carbons (Fsp3) is 0.678. The van der Waals surface area contributed by atoms with Gasteiger partial charge in [-0.15, -0.1) is 0 Å². The molecule has 0 heterocycles. The van der Waals surface area contributed by atoms with Gasteiger partial charge in [0.05, 0.1) is 0 Å². The van der Waals surface area contributed by atoms with Gasteiger partial charge in [0.2, 0.25) is 0 Å². The average Bonchev–Trinajstić information content (AvgIpc) is 3.30. The van der Waals surface area contributed by atoms with Gasteiger partial charge in [0.15, 0.2) is 6.10 Å². The van der Waals surface area contributed by atoms with E-state index in [0.717, 1.165) is 64.2 Å². The molecule has 6 nitrogen and oxygen atoms in total. The largest absolute Gasteiger partial charge is 0.462 e. The Bertz CT molecular complexity index is 1310. The zero-order valence-electron chi connectivity index (χ0n) is 42.2. The normalized spacial score (nSPS) is 12.8. The van der Waals surface area contributed by atoms with Crippen LogP contribution in [0.15, 0.2) is 97.2 Å². The summed E-state index contributed by atoms with van der Waals surface area (Å²) in [6.45, 7) is 6.40. The van der Waals surface area contributed by atoms with Gasteiger partial charge in [-0.1, -0.05) is 259 Å². The average molecular weight is 903 g/mol. The Labute approximate surface area is 400 Å². The third kappa shape index (κ3) is 51.2. The Morgan fingerprint density at radius 2 is 0.692 bits per heavy atom. The molecule has 0 saturated heterocycles. The highest BCUT2D eigenvalue weighted by Crippen LogP contribution is 2.15. The molecule has 0 aromatic rings. The van der Waals surface area contributed by atoms with Crippen LogP contribution >= 0.6 is 0 Å². The first-order chi connectivity index (χ1) is 32.0. The summed E-state index contributed by atoms with van der Waals surface area (Å²) in [6, 6.07) is 0. The van der Waals surface area contributed by atoms with E-state index in [-0.39, 0.29) is 37.5 Å². The molecule has 0 bridgehead atoms. The minimum atomic E-state index is -0.817. The van der Waals surface area contributed by atoms with Crippen molar-refractivity contribution in [3.05, 3.63) is 97.2 Å². The first-order valence-electron chi connectivity index (χ1n) is 26.8. The van der Waals surface area contributed by atoms with Gasteiger partial charge in [0.1, 0.15) is 13.2 Å². The van der Waals surface area contributed by atoms with Gasteiger partial charge < -0.3 is 14.2 Å². The van der Waals surface area contributed by atoms with Crippen molar-refractivity contribution in [2.24, 2.45) is 0 Å². The van der Waals surface area contributed by atoms with E-state index in [0.29, 0.717) is 19.3 Å². The first-order valence-corrected chi connectivity index (χ1v) is 26.8. The Balaban J connectivity index is 4.52. The zero-order chi connectivity index (χ0) is 47.2. The zero-order valence-corrected chi connectivity index (χ0v) is 42.2. The smallest absolute Gasteiger partial charge is 0.306 e. The van der Waals surface area contributed by atoms with E-state index in [1.165, 1.54) is 128 Å². The number of hydrogen-bond acceptors (Lipinski definition) is 6. The Morgan fingerprint density at radius 3 is 1.17 bits per heavy atom. The molecule has 0 radical (unpaired) electrons. The van der Waals surface area contributed by atoms with Crippen LogP contribution < -0.4 is 0 Å². The van der Waals surface area contributed by atoms with Crippen LogP contribution in [-0.4, -0.2) is 37.2 Å². The summed E-state index contributed by atoms with van der Waals surface area (Å²) in [4.78, 5) is 38.0. The fourth-order valence-corrected chi connectivity index (χ4v) is 7.23. The SMILES string of the molecule is CC/C=C/C=C/C=C/C=C/C=C/C=C/CCCCCC(=O)OCC(COC(=O)CC/C=C/C/C=C/CCCCCCCC)OC(=O)CCCCCCCCCCCCCCCCCCC. The summed E-state index contributed by atoms with van der Waals surface area (Å²) in [5.74, 6) is -1.02. The molecule has 370 valence electrons. The number of hydrogen-bond donors (Lipinski definition) is 0. The van der Waals surface area contributed by atoms with Gasteiger partial charge in [-0.3, -0.25) is 14.4 Å². The maximum absolute atomic E-state index is 12.8. The van der Waals surface area contributed by atoms with Gasteiger partial charge in [0.25, 0.3) is 0 Å². The molecule has 0 fully saturated rings. The standard InChI is InChI=1S/C59H98O6/c1-4-7-10-13-16-19-22-25-27-29-31-34-37-40-43-46-49-52-58(61)64-55-56(54-63-57(60)51-48-45-42-39-36-33-24-21-18-15-12-9-6-3)65-59(62)53-50-47-44-41-38-35-32-30-28-26-23-20-17-14-11-8-5-2/h7,10,13,16,19,22,25,27,29,31,33-34,36-37,42,45,56H,4-6,8-9,11-12,14-15,17-18,20-21,23-24,26,28,30,32,35,38-41,43-44,46-55H2,1-3H3/b10-7+,16-13+,22-19+,27-25+,31-29+,36-33+,37-34+,45-42+. The summed E-state index contributed by atoms with van der Waals surface area (Å²) >= 11 is 0. The van der Waals surface area contributed by atoms with Gasteiger partial charge in [-0.25, -0.2) is 0 Å². The van der Waals surface area contributed by atoms with Crippen LogP contribution in [0.5, 0.6) is 0 Å². The Kier molecular flexibility index (Phi) is 50.0. The van der Waals surface area contributed by atoms with Crippen LogP contribution in [0.2, 0.25) is 0 Å². The molecule has 0 aliphatic carbocycles. The summed E-state index contributed by atoms with van der Waals surface area (Å²) in [7, 11) is 0. The van der Waals surface area contributed by atoms with Gasteiger partial charge in [0, 0.05) is 19.3 Å². The number of esters is 3. The van der Waals surface area contributed by atoms with Crippen LogP contribution in [0.25, 0.3) is 0 Å². The van der Waals surface area contributed by atoms with E-state index in [4.69, 9.17) is 14.2 Å². The van der Waals surface area contributed by atoms with Crippen molar-refractivity contribution >= 4 is 17.9 Å². The lowest BCUT2D eigenvalue weighted by Crippen LogP contribution is -2.30. The second-order valence-electron chi connectivity index (χ2n) is 17.6. The summed E-state index contributed by atoms with van der Waals surface area (Å²) < 4.78 is 16.7. The van der Waals surface area contributed by atoms with E-state index in [1.807, 2.05) is 66.8 Å². The summed E-state index contributed by atoms with van der Waals surface area (Å²) in [6.07, 6.45) is 69.7. The molecule has 0 spiro atoms. The van der Waals surface area contributed by atoms with Crippen molar-refractivity contribution in [2.45, 2.75) is 245 Å². The molecule has 0 saturated carbocycles. The molecule has 0 N–H and O–H groups in total. The lowest BCUT2D eigenvalue weighted by molar-refractivity contribution is -0.166. The molecule has 1 atom stereocenters. The van der Waals surface area contributed by atoms with E-state index < -0.39 is 6.10 Å². The predicted molar refractivity (Wildman–Crippen MR) is 279 cm³/mol. The van der Waals surface area contributed by atoms with Crippen molar-refractivity contribution in [3.8, 4) is 0 Å². The van der Waals surface area contributed by atoms with Crippen LogP contribution in [0.4, 0.5) is 0 Å². The quantitative estimate of drug-likeness (QED) is 0.0199. The summed E-state index contributed by atoms with van der Waals surface area (Å²) in [5.41, 5.74) is 0. The van der Waals surface area contributed by atoms with Gasteiger partial charge in [-0.2, -0.15) is 0 Å². The van der Waals surface area contributed by atoms with Crippen LogP contribution in [0.3, 0.4) is 0 Å². The maximum Gasteiger partial charge on any atom is 0.306 e. The lowest BCUT2D eigenvalue weighted by Gasteiger charge is -2.18. The Hall–Kier alpha value is -3.67. The summed E-state index contributed by atoms with van der Waals surface area (Å²) in [5, 5.41) is 0. The minimum absolute atomic E-state index is 0.117. The van der Waals surface area contributed by atoms with Crippen LogP contribution in [0.1, 0.15) is 239 Å². The van der Waals surface area contributed by atoms with Crippen molar-refractivity contribution < 1.29 is 28.6 Å². The molecular weight excluding hydrogens is 805 g/mol. The maximum atomic E-state index is 12.8. The van der Waals surface area contributed by atoms with Gasteiger partial charge >= 0.3 is 17.9 Å². The molecule has 1 unspecified atom stereocenters. The highest BCUT2D eigenvalue weighted by Gasteiger charge is 2.19. The van der Waals surface area contributed by atoms with Crippen molar-refractivity contribution in [1.29, 1.82) is 0 Å². The fourth-order valence-electron chi connectivity index (χ4n) is 7.23.